The number of hydrogen-bond donors (Lipinski definition) is 3. The zero-order chi connectivity index (χ0) is 7.40. The molecule has 4 heteroatoms. The quantitative estimate of drug-likeness (QED) is 0.416. The maximum Gasteiger partial charge on any atom is 0.122 e. The summed E-state index contributed by atoms with van der Waals surface area (Å²) in [6, 6.07) is 0.0405. The Kier molecular flexibility index (Phi) is 3.08. The van der Waals surface area contributed by atoms with Gasteiger partial charge in [-0.2, -0.15) is 0 Å². The smallest absolute Gasteiger partial charge is 0.122 e. The fourth-order valence-electron chi connectivity index (χ4n) is 0.990. The van der Waals surface area contributed by atoms with Crippen molar-refractivity contribution in [2.24, 2.45) is 0 Å². The maximum atomic E-state index is 9.23. The predicted octanol–water partition coefficient (Wildman–Crippen LogP) is -1.49. The molecule has 1 rings (SSSR count). The van der Waals surface area contributed by atoms with Gasteiger partial charge in [-0.1, -0.05) is 0 Å². The van der Waals surface area contributed by atoms with Crippen molar-refractivity contribution in [3.05, 3.63) is 0 Å². The van der Waals surface area contributed by atoms with E-state index in [1.54, 1.807) is 7.05 Å². The van der Waals surface area contributed by atoms with E-state index in [1.165, 1.54) is 0 Å². The number of aliphatic hydroxyl groups excluding tert-OH is 1. The van der Waals surface area contributed by atoms with E-state index in [1.807, 2.05) is 0 Å². The molecule has 0 aromatic rings. The monoisotopic (exact) mass is 146 g/mol. The summed E-state index contributed by atoms with van der Waals surface area (Å²) in [5.74, 6) is 0. The van der Waals surface area contributed by atoms with Crippen LogP contribution in [0.1, 0.15) is 0 Å². The first-order valence-electron chi connectivity index (χ1n) is 3.51. The minimum Gasteiger partial charge on any atom is -0.378 e. The highest BCUT2D eigenvalue weighted by Gasteiger charge is 2.19. The van der Waals surface area contributed by atoms with Gasteiger partial charge in [0.2, 0.25) is 0 Å². The molecule has 1 fully saturated rings. The Bertz CT molecular complexity index is 93.7. The van der Waals surface area contributed by atoms with Crippen molar-refractivity contribution in [2.75, 3.05) is 26.8 Å². The van der Waals surface area contributed by atoms with Gasteiger partial charge in [0, 0.05) is 6.54 Å². The molecule has 0 bridgehead atoms. The van der Waals surface area contributed by atoms with Crippen molar-refractivity contribution in [1.82, 2.24) is 10.6 Å². The SMILES string of the molecule is CNC(O)C1COCCN1. The Morgan fingerprint density at radius 3 is 3.10 bits per heavy atom. The molecule has 3 N–H and O–H groups in total. The summed E-state index contributed by atoms with van der Waals surface area (Å²) in [5, 5.41) is 15.1. The largest absolute Gasteiger partial charge is 0.378 e. The molecular weight excluding hydrogens is 132 g/mol. The van der Waals surface area contributed by atoms with Gasteiger partial charge in [-0.3, -0.25) is 5.32 Å². The molecule has 4 nitrogen and oxygen atoms in total. The first-order valence-corrected chi connectivity index (χ1v) is 3.51. The summed E-state index contributed by atoms with van der Waals surface area (Å²) in [5.41, 5.74) is 0. The lowest BCUT2D eigenvalue weighted by Gasteiger charge is -2.27. The number of morpholine rings is 1. The molecule has 2 unspecified atom stereocenters. The van der Waals surface area contributed by atoms with Crippen LogP contribution in [0.25, 0.3) is 0 Å². The lowest BCUT2D eigenvalue weighted by molar-refractivity contribution is 0.00820. The molecule has 60 valence electrons. The van der Waals surface area contributed by atoms with E-state index >= 15 is 0 Å². The maximum absolute atomic E-state index is 9.23. The summed E-state index contributed by atoms with van der Waals surface area (Å²) in [7, 11) is 1.72. The van der Waals surface area contributed by atoms with Crippen LogP contribution in [0.2, 0.25) is 0 Å². The average molecular weight is 146 g/mol. The Morgan fingerprint density at radius 1 is 1.80 bits per heavy atom. The predicted molar refractivity (Wildman–Crippen MR) is 37.7 cm³/mol. The topological polar surface area (TPSA) is 53.5 Å². The number of aliphatic hydroxyl groups is 1. The van der Waals surface area contributed by atoms with E-state index in [-0.39, 0.29) is 6.04 Å². The number of rotatable bonds is 2. The van der Waals surface area contributed by atoms with Crippen LogP contribution in [-0.4, -0.2) is 44.2 Å². The first-order chi connectivity index (χ1) is 4.84. The second-order valence-corrected chi connectivity index (χ2v) is 2.37. The van der Waals surface area contributed by atoms with Crippen LogP contribution in [0.4, 0.5) is 0 Å². The number of nitrogens with one attached hydrogen (secondary N) is 2. The highest BCUT2D eigenvalue weighted by Crippen LogP contribution is 1.95. The van der Waals surface area contributed by atoms with Gasteiger partial charge in [0.05, 0.1) is 19.3 Å². The Labute approximate surface area is 60.6 Å². The molecule has 1 saturated heterocycles. The third kappa shape index (κ3) is 1.91. The van der Waals surface area contributed by atoms with Gasteiger partial charge in [0.25, 0.3) is 0 Å². The third-order valence-corrected chi connectivity index (χ3v) is 1.63. The highest BCUT2D eigenvalue weighted by atomic mass is 16.5. The van der Waals surface area contributed by atoms with E-state index in [2.05, 4.69) is 10.6 Å². The van der Waals surface area contributed by atoms with Gasteiger partial charge in [-0.25, -0.2) is 0 Å². The molecular formula is C6H14N2O2. The van der Waals surface area contributed by atoms with E-state index in [4.69, 9.17) is 4.74 Å². The molecule has 1 aliphatic rings. The fourth-order valence-corrected chi connectivity index (χ4v) is 0.990. The van der Waals surface area contributed by atoms with Gasteiger partial charge in [-0.15, -0.1) is 0 Å². The number of likely N-dealkylation sites (N-methyl/N-ethyl adjacent to an activating group) is 1. The summed E-state index contributed by atoms with van der Waals surface area (Å²) >= 11 is 0. The van der Waals surface area contributed by atoms with Gasteiger partial charge in [0.1, 0.15) is 6.23 Å². The minimum atomic E-state index is -0.500. The molecule has 2 atom stereocenters. The molecule has 0 aromatic heterocycles. The van der Waals surface area contributed by atoms with Crippen LogP contribution in [0.5, 0.6) is 0 Å². The van der Waals surface area contributed by atoms with Crippen LogP contribution in [0, 0.1) is 0 Å². The normalized spacial score (nSPS) is 30.0. The fraction of sp³-hybridized carbons (Fsp3) is 1.00. The molecule has 1 aliphatic heterocycles. The van der Waals surface area contributed by atoms with E-state index in [0.29, 0.717) is 6.61 Å². The zero-order valence-electron chi connectivity index (χ0n) is 6.13. The summed E-state index contributed by atoms with van der Waals surface area (Å²) < 4.78 is 5.14. The van der Waals surface area contributed by atoms with Crippen LogP contribution >= 0.6 is 0 Å². The second-order valence-electron chi connectivity index (χ2n) is 2.37. The van der Waals surface area contributed by atoms with Gasteiger partial charge in [-0.05, 0) is 7.05 Å². The summed E-state index contributed by atoms with van der Waals surface area (Å²) in [6.45, 7) is 2.15. The van der Waals surface area contributed by atoms with Crippen molar-refractivity contribution in [3.8, 4) is 0 Å². The number of hydrogen-bond acceptors (Lipinski definition) is 4. The van der Waals surface area contributed by atoms with Crippen LogP contribution in [-0.2, 0) is 4.74 Å². The van der Waals surface area contributed by atoms with Crippen molar-refractivity contribution in [1.29, 1.82) is 0 Å². The van der Waals surface area contributed by atoms with Gasteiger partial charge >= 0.3 is 0 Å². The Balaban J connectivity index is 2.24. The third-order valence-electron chi connectivity index (χ3n) is 1.63. The summed E-state index contributed by atoms with van der Waals surface area (Å²) in [6.07, 6.45) is -0.500. The average Bonchev–Trinajstić information content (AvgIpc) is 2.05. The zero-order valence-corrected chi connectivity index (χ0v) is 6.13. The molecule has 10 heavy (non-hydrogen) atoms. The van der Waals surface area contributed by atoms with E-state index < -0.39 is 6.23 Å². The van der Waals surface area contributed by atoms with Crippen molar-refractivity contribution < 1.29 is 9.84 Å². The molecule has 0 aliphatic carbocycles. The molecule has 0 saturated carbocycles. The molecule has 1 heterocycles. The standard InChI is InChI=1S/C6H14N2O2/c1-7-6(9)5-4-10-3-2-8-5/h5-9H,2-4H2,1H3. The van der Waals surface area contributed by atoms with Gasteiger partial charge in [0.15, 0.2) is 0 Å². The van der Waals surface area contributed by atoms with Crippen LogP contribution < -0.4 is 10.6 Å². The molecule has 0 radical (unpaired) electrons. The molecule has 0 spiro atoms. The van der Waals surface area contributed by atoms with Crippen molar-refractivity contribution in [3.63, 3.8) is 0 Å². The minimum absolute atomic E-state index is 0.0405. The Hall–Kier alpha value is -0.160. The van der Waals surface area contributed by atoms with Crippen molar-refractivity contribution in [2.45, 2.75) is 12.3 Å². The van der Waals surface area contributed by atoms with E-state index in [0.717, 1.165) is 13.2 Å². The summed E-state index contributed by atoms with van der Waals surface area (Å²) in [4.78, 5) is 0. The molecule has 0 aromatic carbocycles. The highest BCUT2D eigenvalue weighted by molar-refractivity contribution is 4.75. The second kappa shape index (κ2) is 3.88. The van der Waals surface area contributed by atoms with Crippen molar-refractivity contribution >= 4 is 0 Å². The van der Waals surface area contributed by atoms with Crippen LogP contribution in [0.3, 0.4) is 0 Å². The van der Waals surface area contributed by atoms with E-state index in [9.17, 15) is 5.11 Å². The Morgan fingerprint density at radius 2 is 2.60 bits per heavy atom. The van der Waals surface area contributed by atoms with Crippen LogP contribution in [0.15, 0.2) is 0 Å². The lowest BCUT2D eigenvalue weighted by Crippen LogP contribution is -2.53. The molecule has 0 amide bonds. The lowest BCUT2D eigenvalue weighted by atomic mass is 10.2. The van der Waals surface area contributed by atoms with Gasteiger partial charge < -0.3 is 15.2 Å². The number of ether oxygens (including phenoxy) is 1. The first kappa shape index (κ1) is 7.94.